The van der Waals surface area contributed by atoms with Gasteiger partial charge in [0.25, 0.3) is 0 Å². The highest BCUT2D eigenvalue weighted by Crippen LogP contribution is 1.97. The molecule has 0 rings (SSSR count). The van der Waals surface area contributed by atoms with Gasteiger partial charge < -0.3 is 10.0 Å². The SMILES string of the molecule is CCCCCCNO.CCCCCCON. The summed E-state index contributed by atoms with van der Waals surface area (Å²) < 4.78 is 0. The maximum atomic E-state index is 8.12. The Bertz CT molecular complexity index is 79.0. The van der Waals surface area contributed by atoms with Crippen molar-refractivity contribution in [2.75, 3.05) is 13.2 Å². The molecule has 0 atom stereocenters. The zero-order chi connectivity index (χ0) is 12.5. The minimum Gasteiger partial charge on any atom is -0.317 e. The zero-order valence-electron chi connectivity index (χ0n) is 11.0. The lowest BCUT2D eigenvalue weighted by Gasteiger charge is -1.94. The molecule has 0 aliphatic rings. The summed E-state index contributed by atoms with van der Waals surface area (Å²) in [5.41, 5.74) is 2.13. The maximum Gasteiger partial charge on any atom is 0.0679 e. The van der Waals surface area contributed by atoms with Gasteiger partial charge in [0.2, 0.25) is 0 Å². The van der Waals surface area contributed by atoms with Crippen LogP contribution in [0.4, 0.5) is 0 Å². The molecule has 0 fully saturated rings. The van der Waals surface area contributed by atoms with Crippen molar-refractivity contribution in [2.24, 2.45) is 5.90 Å². The summed E-state index contributed by atoms with van der Waals surface area (Å²) in [6.45, 7) is 5.80. The van der Waals surface area contributed by atoms with Crippen LogP contribution in [0, 0.1) is 0 Å². The predicted octanol–water partition coefficient (Wildman–Crippen LogP) is 3.00. The first-order chi connectivity index (χ1) is 7.83. The van der Waals surface area contributed by atoms with Crippen LogP contribution in [0.5, 0.6) is 0 Å². The summed E-state index contributed by atoms with van der Waals surface area (Å²) in [6.07, 6.45) is 9.76. The topological polar surface area (TPSA) is 67.5 Å². The molecule has 0 aromatic heterocycles. The normalized spacial score (nSPS) is 9.75. The van der Waals surface area contributed by atoms with Crippen molar-refractivity contribution >= 4 is 0 Å². The molecule has 0 aliphatic heterocycles. The number of hydrogen-bond acceptors (Lipinski definition) is 4. The number of unbranched alkanes of at least 4 members (excludes halogenated alkanes) is 6. The van der Waals surface area contributed by atoms with E-state index in [2.05, 4.69) is 24.2 Å². The summed E-state index contributed by atoms with van der Waals surface area (Å²) in [5.74, 6) is 4.81. The number of hydrogen-bond donors (Lipinski definition) is 3. The number of nitrogens with two attached hydrogens (primary N) is 1. The predicted molar refractivity (Wildman–Crippen MR) is 68.2 cm³/mol. The van der Waals surface area contributed by atoms with Gasteiger partial charge in [0, 0.05) is 6.54 Å². The van der Waals surface area contributed by atoms with Crippen molar-refractivity contribution < 1.29 is 10.0 Å². The summed E-state index contributed by atoms with van der Waals surface area (Å²) >= 11 is 0. The molecule has 0 saturated carbocycles. The van der Waals surface area contributed by atoms with Gasteiger partial charge in [-0.2, -0.15) is 0 Å². The monoisotopic (exact) mass is 234 g/mol. The van der Waals surface area contributed by atoms with E-state index in [4.69, 9.17) is 11.1 Å². The van der Waals surface area contributed by atoms with Crippen molar-refractivity contribution in [3.63, 3.8) is 0 Å². The minimum atomic E-state index is 0.708. The van der Waals surface area contributed by atoms with E-state index < -0.39 is 0 Å². The van der Waals surface area contributed by atoms with Crippen LogP contribution in [0.1, 0.15) is 65.2 Å². The lowest BCUT2D eigenvalue weighted by Crippen LogP contribution is -2.07. The highest BCUT2D eigenvalue weighted by atomic mass is 16.6. The van der Waals surface area contributed by atoms with Crippen molar-refractivity contribution in [2.45, 2.75) is 65.2 Å². The minimum absolute atomic E-state index is 0.708. The van der Waals surface area contributed by atoms with Crippen LogP contribution < -0.4 is 11.4 Å². The molecule has 16 heavy (non-hydrogen) atoms. The van der Waals surface area contributed by atoms with Crippen molar-refractivity contribution in [3.05, 3.63) is 0 Å². The van der Waals surface area contributed by atoms with Crippen molar-refractivity contribution in [1.82, 2.24) is 5.48 Å². The second kappa shape index (κ2) is 20.3. The van der Waals surface area contributed by atoms with Crippen molar-refractivity contribution in [1.29, 1.82) is 0 Å². The van der Waals surface area contributed by atoms with Crippen LogP contribution in [0.15, 0.2) is 0 Å². The zero-order valence-corrected chi connectivity index (χ0v) is 11.0. The van der Waals surface area contributed by atoms with Crippen LogP contribution >= 0.6 is 0 Å². The molecule has 0 heterocycles. The Morgan fingerprint density at radius 3 is 1.94 bits per heavy atom. The lowest BCUT2D eigenvalue weighted by molar-refractivity contribution is 0.133. The Labute approximate surface area is 100 Å². The second-order valence-electron chi connectivity index (χ2n) is 3.90. The fourth-order valence-electron chi connectivity index (χ4n) is 1.24. The maximum absolute atomic E-state index is 8.12. The molecule has 4 nitrogen and oxygen atoms in total. The van der Waals surface area contributed by atoms with E-state index in [-0.39, 0.29) is 0 Å². The van der Waals surface area contributed by atoms with E-state index in [1.165, 1.54) is 38.5 Å². The third kappa shape index (κ3) is 23.6. The van der Waals surface area contributed by atoms with E-state index >= 15 is 0 Å². The fraction of sp³-hybridized carbons (Fsp3) is 1.00. The third-order valence-corrected chi connectivity index (χ3v) is 2.26. The molecule has 0 saturated heterocycles. The third-order valence-electron chi connectivity index (χ3n) is 2.26. The highest BCUT2D eigenvalue weighted by Gasteiger charge is 1.84. The smallest absolute Gasteiger partial charge is 0.0679 e. The summed E-state index contributed by atoms with van der Waals surface area (Å²) in [7, 11) is 0. The number of hydroxylamine groups is 1. The number of nitrogens with one attached hydrogen (secondary N) is 1. The van der Waals surface area contributed by atoms with Crippen LogP contribution in [-0.4, -0.2) is 18.4 Å². The van der Waals surface area contributed by atoms with Crippen LogP contribution in [-0.2, 0) is 4.84 Å². The van der Waals surface area contributed by atoms with Gasteiger partial charge in [0.1, 0.15) is 0 Å². The first-order valence-electron chi connectivity index (χ1n) is 6.52. The molecule has 4 heteroatoms. The van der Waals surface area contributed by atoms with E-state index in [9.17, 15) is 0 Å². The summed E-state index contributed by atoms with van der Waals surface area (Å²) in [6, 6.07) is 0. The van der Waals surface area contributed by atoms with E-state index in [1.807, 2.05) is 0 Å². The Morgan fingerprint density at radius 1 is 0.938 bits per heavy atom. The van der Waals surface area contributed by atoms with Crippen LogP contribution in [0.3, 0.4) is 0 Å². The molecule has 0 aromatic carbocycles. The molecule has 0 unspecified atom stereocenters. The van der Waals surface area contributed by atoms with E-state index in [1.54, 1.807) is 0 Å². The molecule has 0 amide bonds. The van der Waals surface area contributed by atoms with Gasteiger partial charge in [-0.3, -0.25) is 0 Å². The standard InChI is InChI=1S/2C6H15NO/c1-2-3-4-5-6-8-7;1-2-3-4-5-6-7-8/h2-7H2,1H3;7-8H,2-6H2,1H3. The summed E-state index contributed by atoms with van der Waals surface area (Å²) in [5, 5.41) is 8.12. The average Bonchev–Trinajstić information content (AvgIpc) is 2.31. The highest BCUT2D eigenvalue weighted by molar-refractivity contribution is 4.39. The summed E-state index contributed by atoms with van der Waals surface area (Å²) in [4.78, 5) is 4.39. The van der Waals surface area contributed by atoms with Gasteiger partial charge in [-0.15, -0.1) is 0 Å². The van der Waals surface area contributed by atoms with Gasteiger partial charge >= 0.3 is 0 Å². The molecule has 0 bridgehead atoms. The largest absolute Gasteiger partial charge is 0.317 e. The fourth-order valence-corrected chi connectivity index (χ4v) is 1.24. The van der Waals surface area contributed by atoms with Crippen LogP contribution in [0.25, 0.3) is 0 Å². The van der Waals surface area contributed by atoms with Crippen LogP contribution in [0.2, 0.25) is 0 Å². The van der Waals surface area contributed by atoms with E-state index in [0.29, 0.717) is 6.61 Å². The van der Waals surface area contributed by atoms with Gasteiger partial charge in [-0.1, -0.05) is 52.4 Å². The van der Waals surface area contributed by atoms with Gasteiger partial charge in [0.15, 0.2) is 0 Å². The first-order valence-corrected chi connectivity index (χ1v) is 6.52. The van der Waals surface area contributed by atoms with Crippen molar-refractivity contribution in [3.8, 4) is 0 Å². The molecule has 0 aromatic rings. The Kier molecular flexibility index (Phi) is 23.1. The molecule has 0 radical (unpaired) electrons. The molecule has 0 spiro atoms. The molecular weight excluding hydrogens is 204 g/mol. The molecule has 4 N–H and O–H groups in total. The molecular formula is C12H30N2O2. The molecule has 0 aliphatic carbocycles. The Hall–Kier alpha value is -0.160. The quantitative estimate of drug-likeness (QED) is 0.401. The second-order valence-corrected chi connectivity index (χ2v) is 3.90. The Balaban J connectivity index is 0. The first kappa shape index (κ1) is 18.2. The Morgan fingerprint density at radius 2 is 1.50 bits per heavy atom. The van der Waals surface area contributed by atoms with Gasteiger partial charge in [-0.25, -0.2) is 11.4 Å². The number of rotatable bonds is 10. The van der Waals surface area contributed by atoms with Gasteiger partial charge in [-0.05, 0) is 12.8 Å². The van der Waals surface area contributed by atoms with Gasteiger partial charge in [0.05, 0.1) is 6.61 Å². The average molecular weight is 234 g/mol. The lowest BCUT2D eigenvalue weighted by atomic mass is 10.2. The molecule has 100 valence electrons. The van der Waals surface area contributed by atoms with E-state index in [0.717, 1.165) is 19.4 Å².